The van der Waals surface area contributed by atoms with Crippen LogP contribution in [0.2, 0.25) is 0 Å². The third-order valence-electron chi connectivity index (χ3n) is 5.08. The smallest absolute Gasteiger partial charge is 0.181 e. The van der Waals surface area contributed by atoms with Gasteiger partial charge in [0.25, 0.3) is 0 Å². The summed E-state index contributed by atoms with van der Waals surface area (Å²) in [5.74, 6) is 0. The molecule has 8 heteroatoms. The number of nitrogens with zero attached hydrogens (tertiary/aromatic N) is 4. The Morgan fingerprint density at radius 1 is 0.900 bits per heavy atom. The number of aromatic amines is 2. The fourth-order valence-electron chi connectivity index (χ4n) is 3.67. The molecule has 144 valence electrons. The van der Waals surface area contributed by atoms with Gasteiger partial charge in [-0.25, -0.2) is 15.0 Å². The molecule has 0 atom stereocenters. The number of thiophene rings is 1. The van der Waals surface area contributed by atoms with Crippen molar-refractivity contribution in [2.24, 2.45) is 0 Å². The van der Waals surface area contributed by atoms with Crippen LogP contribution in [0.5, 0.6) is 0 Å². The predicted molar refractivity (Wildman–Crippen MR) is 115 cm³/mol. The Balaban J connectivity index is 1.52. The lowest BCUT2D eigenvalue weighted by Crippen LogP contribution is -1.85. The van der Waals surface area contributed by atoms with Crippen molar-refractivity contribution >= 4 is 33.3 Å². The summed E-state index contributed by atoms with van der Waals surface area (Å²) >= 11 is 1.14. The number of fused-ring (bicyclic) bond motifs is 2. The van der Waals surface area contributed by atoms with Crippen molar-refractivity contribution in [3.63, 3.8) is 0 Å². The van der Waals surface area contributed by atoms with Gasteiger partial charge in [-0.1, -0.05) is 12.1 Å². The lowest BCUT2D eigenvalue weighted by atomic mass is 10.1. The van der Waals surface area contributed by atoms with E-state index < -0.39 is 0 Å². The molecule has 5 aromatic heterocycles. The largest absolute Gasteiger partial charge is 0.353 e. The maximum Gasteiger partial charge on any atom is 0.181 e. The summed E-state index contributed by atoms with van der Waals surface area (Å²) in [6.07, 6.45) is 6.77. The summed E-state index contributed by atoms with van der Waals surface area (Å²) in [5.41, 5.74) is 6.13. The fourth-order valence-corrected chi connectivity index (χ4v) is 4.45. The lowest BCUT2D eigenvalue weighted by molar-refractivity contribution is 0.657. The highest BCUT2D eigenvalue weighted by Crippen LogP contribution is 2.36. The van der Waals surface area contributed by atoms with E-state index in [0.29, 0.717) is 5.65 Å². The second kappa shape index (κ2) is 6.57. The first-order valence-electron chi connectivity index (χ1n) is 9.23. The van der Waals surface area contributed by atoms with Crippen molar-refractivity contribution in [3.8, 4) is 33.0 Å². The zero-order valence-corrected chi connectivity index (χ0v) is 16.2. The molecule has 6 nitrogen and oxygen atoms in total. The molecule has 0 fully saturated rings. The van der Waals surface area contributed by atoms with E-state index in [2.05, 4.69) is 36.2 Å². The van der Waals surface area contributed by atoms with Gasteiger partial charge in [-0.2, -0.15) is 9.49 Å². The maximum atomic E-state index is 13.6. The molecule has 0 aliphatic carbocycles. The van der Waals surface area contributed by atoms with Gasteiger partial charge < -0.3 is 4.98 Å². The van der Waals surface area contributed by atoms with Crippen LogP contribution < -0.4 is 0 Å². The van der Waals surface area contributed by atoms with E-state index in [1.54, 1.807) is 18.6 Å². The average molecular weight is 412 g/mol. The molecule has 0 saturated heterocycles. The normalized spacial score (nSPS) is 11.5. The lowest BCUT2D eigenvalue weighted by Gasteiger charge is -2.00. The van der Waals surface area contributed by atoms with E-state index in [-0.39, 0.29) is 5.13 Å². The minimum atomic E-state index is -0.194. The first kappa shape index (κ1) is 17.0. The highest BCUT2D eigenvalue weighted by molar-refractivity contribution is 7.14. The Bertz CT molecular complexity index is 1520. The van der Waals surface area contributed by atoms with Gasteiger partial charge in [0.1, 0.15) is 6.33 Å². The first-order chi connectivity index (χ1) is 14.8. The Hall–Kier alpha value is -3.91. The minimum Gasteiger partial charge on any atom is -0.353 e. The molecule has 0 bridgehead atoms. The van der Waals surface area contributed by atoms with Crippen molar-refractivity contribution in [1.29, 1.82) is 0 Å². The number of hydrogen-bond acceptors (Lipinski definition) is 5. The molecule has 0 saturated carbocycles. The van der Waals surface area contributed by atoms with Crippen LogP contribution in [-0.2, 0) is 0 Å². The molecule has 6 rings (SSSR count). The van der Waals surface area contributed by atoms with Crippen LogP contribution >= 0.6 is 11.3 Å². The monoisotopic (exact) mass is 412 g/mol. The molecule has 0 radical (unpaired) electrons. The van der Waals surface area contributed by atoms with Gasteiger partial charge in [-0.15, -0.1) is 11.3 Å². The van der Waals surface area contributed by atoms with Crippen LogP contribution in [0.4, 0.5) is 4.39 Å². The number of rotatable bonds is 3. The molecule has 30 heavy (non-hydrogen) atoms. The highest BCUT2D eigenvalue weighted by Gasteiger charge is 2.15. The topological polar surface area (TPSA) is 83.1 Å². The number of nitrogens with one attached hydrogen (secondary N) is 2. The third kappa shape index (κ3) is 2.69. The summed E-state index contributed by atoms with van der Waals surface area (Å²) < 4.78 is 13.6. The summed E-state index contributed by atoms with van der Waals surface area (Å²) in [4.78, 5) is 17.0. The van der Waals surface area contributed by atoms with Crippen molar-refractivity contribution < 1.29 is 4.39 Å². The van der Waals surface area contributed by atoms with E-state index >= 15 is 0 Å². The van der Waals surface area contributed by atoms with Gasteiger partial charge >= 0.3 is 0 Å². The number of benzene rings is 1. The molecule has 0 spiro atoms. The molecule has 0 unspecified atom stereocenters. The second-order valence-corrected chi connectivity index (χ2v) is 7.91. The maximum absolute atomic E-state index is 13.6. The predicted octanol–water partition coefficient (Wildman–Crippen LogP) is 5.43. The number of hydrogen-bond donors (Lipinski definition) is 2. The molecule has 0 aliphatic rings. The summed E-state index contributed by atoms with van der Waals surface area (Å²) in [6.45, 7) is 0. The summed E-state index contributed by atoms with van der Waals surface area (Å²) in [5, 5.41) is 9.18. The van der Waals surface area contributed by atoms with Gasteiger partial charge in [0.05, 0.1) is 11.4 Å². The van der Waals surface area contributed by atoms with Gasteiger partial charge in [0.15, 0.2) is 10.8 Å². The van der Waals surface area contributed by atoms with Crippen LogP contribution in [0.3, 0.4) is 0 Å². The van der Waals surface area contributed by atoms with Crippen LogP contribution in [0.1, 0.15) is 0 Å². The quantitative estimate of drug-likeness (QED) is 0.406. The van der Waals surface area contributed by atoms with E-state index in [4.69, 9.17) is 0 Å². The number of aromatic nitrogens is 6. The molecule has 6 aromatic rings. The van der Waals surface area contributed by atoms with E-state index in [1.807, 2.05) is 30.3 Å². The SMILES string of the molecule is Fc1ccc(-c2cccc3[nH]c(-c4[nH]nc5ncc(-c6cncnc6)cc45)cc23)s1. The Labute approximate surface area is 173 Å². The number of pyridine rings is 1. The molecule has 0 amide bonds. The molecule has 0 aliphatic heterocycles. The Morgan fingerprint density at radius 2 is 1.80 bits per heavy atom. The van der Waals surface area contributed by atoms with E-state index in [9.17, 15) is 4.39 Å². The van der Waals surface area contributed by atoms with Crippen LogP contribution in [-0.4, -0.2) is 30.1 Å². The molecule has 5 heterocycles. The molecular formula is C22H13FN6S. The Kier molecular flexibility index (Phi) is 3.72. The molecule has 2 N–H and O–H groups in total. The Morgan fingerprint density at radius 3 is 2.63 bits per heavy atom. The fraction of sp³-hybridized carbons (Fsp3) is 0. The van der Waals surface area contributed by atoms with Crippen molar-refractivity contribution in [3.05, 3.63) is 72.5 Å². The van der Waals surface area contributed by atoms with Gasteiger partial charge in [-0.3, -0.25) is 5.10 Å². The third-order valence-corrected chi connectivity index (χ3v) is 5.98. The minimum absolute atomic E-state index is 0.194. The standard InChI is InChI=1S/C22H13FN6S/c23-20-5-4-19(30-20)14-2-1-3-17-15(14)7-18(27-17)21-16-6-12(10-26-22(16)29-28-21)13-8-24-11-25-9-13/h1-11,27H,(H,26,28,29). The van der Waals surface area contributed by atoms with E-state index in [0.717, 1.165) is 60.6 Å². The highest BCUT2D eigenvalue weighted by atomic mass is 32.1. The second-order valence-electron chi connectivity index (χ2n) is 6.87. The summed E-state index contributed by atoms with van der Waals surface area (Å²) in [6, 6.07) is 13.4. The van der Waals surface area contributed by atoms with Crippen molar-refractivity contribution in [2.45, 2.75) is 0 Å². The zero-order valence-electron chi connectivity index (χ0n) is 15.4. The zero-order chi connectivity index (χ0) is 20.1. The van der Waals surface area contributed by atoms with Gasteiger partial charge in [-0.05, 0) is 30.3 Å². The summed E-state index contributed by atoms with van der Waals surface area (Å²) in [7, 11) is 0. The first-order valence-corrected chi connectivity index (χ1v) is 10.1. The molecular weight excluding hydrogens is 399 g/mol. The van der Waals surface area contributed by atoms with Crippen LogP contribution in [0.25, 0.3) is 54.9 Å². The number of H-pyrrole nitrogens is 2. The molecule has 1 aromatic carbocycles. The van der Waals surface area contributed by atoms with Gasteiger partial charge in [0, 0.05) is 56.4 Å². The average Bonchev–Trinajstić information content (AvgIpc) is 3.51. The van der Waals surface area contributed by atoms with Crippen molar-refractivity contribution in [1.82, 2.24) is 30.1 Å². The van der Waals surface area contributed by atoms with Crippen LogP contribution in [0, 0.1) is 5.13 Å². The van der Waals surface area contributed by atoms with Gasteiger partial charge in [0.2, 0.25) is 0 Å². The van der Waals surface area contributed by atoms with Crippen molar-refractivity contribution in [2.75, 3.05) is 0 Å². The van der Waals surface area contributed by atoms with Crippen LogP contribution in [0.15, 0.2) is 67.4 Å². The number of halogens is 1. The van der Waals surface area contributed by atoms with E-state index in [1.165, 1.54) is 12.4 Å².